The minimum Gasteiger partial charge on any atom is -0.380 e. The van der Waals surface area contributed by atoms with Crippen molar-refractivity contribution >= 4 is 5.91 Å². The van der Waals surface area contributed by atoms with Crippen molar-refractivity contribution in [3.05, 3.63) is 35.4 Å². The molecule has 110 valence electrons. The van der Waals surface area contributed by atoms with Gasteiger partial charge in [-0.05, 0) is 12.1 Å². The molecule has 2 rings (SSSR count). The maximum absolute atomic E-state index is 13.1. The second-order valence-corrected chi connectivity index (χ2v) is 5.95. The molecule has 1 aliphatic carbocycles. The molecule has 1 amide bonds. The molecule has 0 heterocycles. The van der Waals surface area contributed by atoms with Crippen LogP contribution in [0.15, 0.2) is 18.2 Å². The number of halogens is 2. The number of hydrogen-bond acceptors (Lipinski definition) is 2. The van der Waals surface area contributed by atoms with Gasteiger partial charge in [-0.15, -0.1) is 0 Å². The first kappa shape index (κ1) is 14.9. The van der Waals surface area contributed by atoms with Crippen LogP contribution in [-0.2, 0) is 4.74 Å². The van der Waals surface area contributed by atoms with Gasteiger partial charge in [0.2, 0.25) is 0 Å². The summed E-state index contributed by atoms with van der Waals surface area (Å²) >= 11 is 0. The normalized spacial score (nSPS) is 27.8. The van der Waals surface area contributed by atoms with E-state index in [1.54, 1.807) is 7.11 Å². The quantitative estimate of drug-likeness (QED) is 0.926. The number of benzene rings is 1. The van der Waals surface area contributed by atoms with E-state index in [0.717, 1.165) is 18.2 Å². The van der Waals surface area contributed by atoms with Gasteiger partial charge >= 0.3 is 0 Å². The molecular formula is C15H19F2NO2. The van der Waals surface area contributed by atoms with Gasteiger partial charge in [0, 0.05) is 36.1 Å². The number of carbonyl (C=O) groups excluding carboxylic acids is 1. The van der Waals surface area contributed by atoms with Gasteiger partial charge in [0.05, 0.1) is 6.10 Å². The van der Waals surface area contributed by atoms with E-state index in [1.807, 2.05) is 20.8 Å². The van der Waals surface area contributed by atoms with Crippen LogP contribution in [-0.4, -0.2) is 25.2 Å². The van der Waals surface area contributed by atoms with Gasteiger partial charge in [0.25, 0.3) is 5.91 Å². The molecule has 0 radical (unpaired) electrons. The number of rotatable bonds is 3. The van der Waals surface area contributed by atoms with E-state index in [2.05, 4.69) is 5.32 Å². The van der Waals surface area contributed by atoms with E-state index in [9.17, 15) is 13.6 Å². The zero-order chi connectivity index (χ0) is 15.1. The third-order valence-corrected chi connectivity index (χ3v) is 4.20. The molecule has 0 saturated heterocycles. The van der Waals surface area contributed by atoms with Crippen molar-refractivity contribution < 1.29 is 18.3 Å². The summed E-state index contributed by atoms with van der Waals surface area (Å²) in [5.41, 5.74) is -0.221. The van der Waals surface area contributed by atoms with Gasteiger partial charge in [0.1, 0.15) is 11.6 Å². The van der Waals surface area contributed by atoms with Gasteiger partial charge in [-0.25, -0.2) is 8.78 Å². The summed E-state index contributed by atoms with van der Waals surface area (Å²) in [7, 11) is 1.64. The molecule has 3 atom stereocenters. The zero-order valence-corrected chi connectivity index (χ0v) is 12.0. The Morgan fingerprint density at radius 3 is 2.25 bits per heavy atom. The summed E-state index contributed by atoms with van der Waals surface area (Å²) in [6.45, 7) is 5.98. The molecule has 1 fully saturated rings. The Balaban J connectivity index is 2.13. The van der Waals surface area contributed by atoms with E-state index >= 15 is 0 Å². The molecule has 0 bridgehead atoms. The highest BCUT2D eigenvalue weighted by atomic mass is 19.1. The summed E-state index contributed by atoms with van der Waals surface area (Å²) < 4.78 is 31.7. The minimum absolute atomic E-state index is 0.00799. The first-order valence-corrected chi connectivity index (χ1v) is 6.57. The number of amides is 1. The molecule has 0 unspecified atom stereocenters. The molecule has 0 spiro atoms. The fourth-order valence-corrected chi connectivity index (χ4v) is 3.33. The molecule has 1 aliphatic rings. The van der Waals surface area contributed by atoms with Crippen molar-refractivity contribution in [3.8, 4) is 0 Å². The average molecular weight is 283 g/mol. The highest BCUT2D eigenvalue weighted by Gasteiger charge is 2.55. The van der Waals surface area contributed by atoms with Crippen molar-refractivity contribution in [2.24, 2.45) is 11.3 Å². The number of nitrogens with one attached hydrogen (secondary N) is 1. The van der Waals surface area contributed by atoms with E-state index in [4.69, 9.17) is 4.74 Å². The number of carbonyl (C=O) groups is 1. The van der Waals surface area contributed by atoms with E-state index < -0.39 is 17.5 Å². The summed E-state index contributed by atoms with van der Waals surface area (Å²) in [5, 5.41) is 2.84. The molecule has 1 aromatic carbocycles. The molecule has 0 aromatic heterocycles. The van der Waals surface area contributed by atoms with Crippen molar-refractivity contribution in [2.75, 3.05) is 7.11 Å². The molecule has 5 heteroatoms. The molecular weight excluding hydrogens is 264 g/mol. The van der Waals surface area contributed by atoms with Gasteiger partial charge in [0.15, 0.2) is 0 Å². The Labute approximate surface area is 117 Å². The first-order chi connectivity index (χ1) is 9.27. The lowest BCUT2D eigenvalue weighted by atomic mass is 9.58. The summed E-state index contributed by atoms with van der Waals surface area (Å²) in [4.78, 5) is 12.1. The van der Waals surface area contributed by atoms with Crippen LogP contribution in [0.5, 0.6) is 0 Å². The summed E-state index contributed by atoms with van der Waals surface area (Å²) in [5.74, 6) is -1.84. The second kappa shape index (κ2) is 5.13. The average Bonchev–Trinajstić information content (AvgIpc) is 2.34. The van der Waals surface area contributed by atoms with Crippen molar-refractivity contribution in [1.82, 2.24) is 5.32 Å². The van der Waals surface area contributed by atoms with Gasteiger partial charge in [-0.1, -0.05) is 20.8 Å². The van der Waals surface area contributed by atoms with Crippen LogP contribution < -0.4 is 5.32 Å². The molecule has 1 saturated carbocycles. The summed E-state index contributed by atoms with van der Waals surface area (Å²) in [6, 6.07) is 2.71. The number of hydrogen-bond donors (Lipinski definition) is 1. The standard InChI is InChI=1S/C15H19F2NO2/c1-8-12(15(2,3)13(8)20-4)18-14(19)9-5-10(16)7-11(17)6-9/h5-8,12-13H,1-4H3,(H,18,19)/t8-,12-,13+/m0/s1. The first-order valence-electron chi connectivity index (χ1n) is 6.57. The lowest BCUT2D eigenvalue weighted by molar-refractivity contribution is -0.141. The third kappa shape index (κ3) is 2.42. The topological polar surface area (TPSA) is 38.3 Å². The number of ether oxygens (including phenoxy) is 1. The van der Waals surface area contributed by atoms with Gasteiger partial charge < -0.3 is 10.1 Å². The smallest absolute Gasteiger partial charge is 0.251 e. The van der Waals surface area contributed by atoms with E-state index in [-0.39, 0.29) is 29.0 Å². The van der Waals surface area contributed by atoms with Crippen LogP contribution in [0, 0.1) is 23.0 Å². The highest BCUT2D eigenvalue weighted by Crippen LogP contribution is 2.46. The predicted octanol–water partition coefficient (Wildman–Crippen LogP) is 2.75. The predicted molar refractivity (Wildman–Crippen MR) is 71.4 cm³/mol. The molecule has 1 N–H and O–H groups in total. The van der Waals surface area contributed by atoms with Crippen molar-refractivity contribution in [1.29, 1.82) is 0 Å². The van der Waals surface area contributed by atoms with Crippen LogP contribution in [0.25, 0.3) is 0 Å². The van der Waals surface area contributed by atoms with E-state index in [1.165, 1.54) is 0 Å². The third-order valence-electron chi connectivity index (χ3n) is 4.20. The van der Waals surface area contributed by atoms with Crippen LogP contribution in [0.4, 0.5) is 8.78 Å². The molecule has 1 aromatic rings. The van der Waals surface area contributed by atoms with Crippen LogP contribution in [0.1, 0.15) is 31.1 Å². The Kier molecular flexibility index (Phi) is 3.82. The molecule has 0 aliphatic heterocycles. The van der Waals surface area contributed by atoms with Crippen LogP contribution in [0.3, 0.4) is 0 Å². The van der Waals surface area contributed by atoms with Crippen LogP contribution in [0.2, 0.25) is 0 Å². The SMILES string of the molecule is CO[C@@H]1[C@@H](C)[C@H](NC(=O)c2cc(F)cc(F)c2)C1(C)C. The molecule has 3 nitrogen and oxygen atoms in total. The maximum atomic E-state index is 13.1. The zero-order valence-electron chi connectivity index (χ0n) is 12.0. The van der Waals surface area contributed by atoms with Gasteiger partial charge in [-0.3, -0.25) is 4.79 Å². The Hall–Kier alpha value is -1.49. The second-order valence-electron chi connectivity index (χ2n) is 5.95. The lowest BCUT2D eigenvalue weighted by Crippen LogP contribution is -2.67. The monoisotopic (exact) mass is 283 g/mol. The minimum atomic E-state index is -0.758. The Morgan fingerprint density at radius 1 is 1.25 bits per heavy atom. The Bertz CT molecular complexity index is 510. The lowest BCUT2D eigenvalue weighted by Gasteiger charge is -2.56. The van der Waals surface area contributed by atoms with Gasteiger partial charge in [-0.2, -0.15) is 0 Å². The largest absolute Gasteiger partial charge is 0.380 e. The summed E-state index contributed by atoms with van der Waals surface area (Å²) in [6.07, 6.45) is 0.0528. The number of methoxy groups -OCH3 is 1. The Morgan fingerprint density at radius 2 is 1.80 bits per heavy atom. The van der Waals surface area contributed by atoms with Crippen LogP contribution >= 0.6 is 0 Å². The fourth-order valence-electron chi connectivity index (χ4n) is 3.33. The van der Waals surface area contributed by atoms with E-state index in [0.29, 0.717) is 0 Å². The highest BCUT2D eigenvalue weighted by molar-refractivity contribution is 5.94. The van der Waals surface area contributed by atoms with Crippen molar-refractivity contribution in [2.45, 2.75) is 32.9 Å². The molecule has 20 heavy (non-hydrogen) atoms. The fraction of sp³-hybridized carbons (Fsp3) is 0.533. The van der Waals surface area contributed by atoms with Crippen molar-refractivity contribution in [3.63, 3.8) is 0 Å². The maximum Gasteiger partial charge on any atom is 0.251 e.